The van der Waals surface area contributed by atoms with Crippen molar-refractivity contribution < 1.29 is 0 Å². The highest BCUT2D eigenvalue weighted by molar-refractivity contribution is 5.16. The monoisotopic (exact) mass is 246 g/mol. The molecule has 1 aromatic rings. The minimum absolute atomic E-state index is 0.120. The zero-order valence-electron chi connectivity index (χ0n) is 11.5. The molecule has 0 aliphatic carbocycles. The molecular formula is C14H22N4. The van der Waals surface area contributed by atoms with Crippen molar-refractivity contribution in [2.45, 2.75) is 38.5 Å². The molecule has 1 saturated heterocycles. The van der Waals surface area contributed by atoms with Gasteiger partial charge in [0.1, 0.15) is 11.7 Å². The number of hydrogen-bond donors (Lipinski definition) is 1. The summed E-state index contributed by atoms with van der Waals surface area (Å²) in [4.78, 5) is 10.2. The molecule has 1 fully saturated rings. The number of nitriles is 1. The van der Waals surface area contributed by atoms with E-state index in [4.69, 9.17) is 0 Å². The fourth-order valence-corrected chi connectivity index (χ4v) is 2.56. The summed E-state index contributed by atoms with van der Waals surface area (Å²) in [5.74, 6) is 1.59. The van der Waals surface area contributed by atoms with Crippen LogP contribution in [0.1, 0.15) is 50.0 Å². The molecule has 2 heterocycles. The number of nitrogens with zero attached hydrogens (tertiary/aromatic N) is 3. The van der Waals surface area contributed by atoms with Gasteiger partial charge in [0, 0.05) is 17.8 Å². The Labute approximate surface area is 109 Å². The maximum Gasteiger partial charge on any atom is 0.123 e. The van der Waals surface area contributed by atoms with E-state index in [0.717, 1.165) is 18.9 Å². The molecule has 0 spiro atoms. The number of piperidine rings is 1. The molecule has 4 heteroatoms. The molecule has 0 radical (unpaired) electrons. The van der Waals surface area contributed by atoms with Gasteiger partial charge in [-0.1, -0.05) is 13.8 Å². The third-order valence-corrected chi connectivity index (χ3v) is 3.87. The molecule has 1 atom stereocenters. The standard InChI is InChI=1S/C14H22N4/c1-10(2)12(8-15)14-16-9-13(17-14)11-4-6-18(3)7-5-11/h9-12H,4-7H2,1-3H3,(H,16,17). The highest BCUT2D eigenvalue weighted by Crippen LogP contribution is 2.28. The number of H-pyrrole nitrogens is 1. The molecule has 4 nitrogen and oxygen atoms in total. The van der Waals surface area contributed by atoms with Crippen LogP contribution in [-0.4, -0.2) is 35.0 Å². The molecule has 1 aliphatic heterocycles. The quantitative estimate of drug-likeness (QED) is 0.891. The third kappa shape index (κ3) is 2.73. The van der Waals surface area contributed by atoms with E-state index in [0.29, 0.717) is 11.8 Å². The molecular weight excluding hydrogens is 224 g/mol. The van der Waals surface area contributed by atoms with E-state index in [9.17, 15) is 5.26 Å². The van der Waals surface area contributed by atoms with Crippen LogP contribution in [0.4, 0.5) is 0 Å². The summed E-state index contributed by atoms with van der Waals surface area (Å²) in [5, 5.41) is 9.19. The molecule has 0 aromatic carbocycles. The first-order valence-corrected chi connectivity index (χ1v) is 6.74. The summed E-state index contributed by atoms with van der Waals surface area (Å²) in [6.07, 6.45) is 4.28. The first-order valence-electron chi connectivity index (χ1n) is 6.74. The van der Waals surface area contributed by atoms with Gasteiger partial charge in [0.15, 0.2) is 0 Å². The number of nitrogens with one attached hydrogen (secondary N) is 1. The minimum Gasteiger partial charge on any atom is -0.345 e. The molecule has 1 unspecified atom stereocenters. The van der Waals surface area contributed by atoms with Crippen LogP contribution in [-0.2, 0) is 0 Å². The van der Waals surface area contributed by atoms with Crippen molar-refractivity contribution in [1.29, 1.82) is 5.26 Å². The number of imidazole rings is 1. The second kappa shape index (κ2) is 5.53. The zero-order valence-corrected chi connectivity index (χ0v) is 11.5. The van der Waals surface area contributed by atoms with Crippen LogP contribution >= 0.6 is 0 Å². The molecule has 1 N–H and O–H groups in total. The lowest BCUT2D eigenvalue weighted by Gasteiger charge is -2.28. The molecule has 18 heavy (non-hydrogen) atoms. The summed E-state index contributed by atoms with van der Waals surface area (Å²) in [7, 11) is 2.17. The Morgan fingerprint density at radius 2 is 2.11 bits per heavy atom. The Kier molecular flexibility index (Phi) is 4.03. The van der Waals surface area contributed by atoms with Crippen LogP contribution in [0.25, 0.3) is 0 Å². The van der Waals surface area contributed by atoms with Crippen LogP contribution < -0.4 is 0 Å². The topological polar surface area (TPSA) is 55.7 Å². The normalized spacial score (nSPS) is 19.9. The number of hydrogen-bond acceptors (Lipinski definition) is 3. The number of aromatic nitrogens is 2. The number of likely N-dealkylation sites (tertiary alicyclic amines) is 1. The van der Waals surface area contributed by atoms with Gasteiger partial charge in [0.05, 0.1) is 6.07 Å². The van der Waals surface area contributed by atoms with Crippen LogP contribution in [0.2, 0.25) is 0 Å². The van der Waals surface area contributed by atoms with Crippen molar-refractivity contribution in [3.63, 3.8) is 0 Å². The van der Waals surface area contributed by atoms with E-state index in [2.05, 4.69) is 41.8 Å². The van der Waals surface area contributed by atoms with E-state index in [1.807, 2.05) is 6.20 Å². The van der Waals surface area contributed by atoms with Gasteiger partial charge in [0.2, 0.25) is 0 Å². The fraction of sp³-hybridized carbons (Fsp3) is 0.714. The maximum atomic E-state index is 9.19. The smallest absolute Gasteiger partial charge is 0.123 e. The van der Waals surface area contributed by atoms with Gasteiger partial charge in [0.25, 0.3) is 0 Å². The van der Waals surface area contributed by atoms with E-state index in [1.54, 1.807) is 0 Å². The summed E-state index contributed by atoms with van der Waals surface area (Å²) >= 11 is 0. The van der Waals surface area contributed by atoms with E-state index < -0.39 is 0 Å². The van der Waals surface area contributed by atoms with E-state index in [-0.39, 0.29) is 5.92 Å². The molecule has 1 aromatic heterocycles. The van der Waals surface area contributed by atoms with Gasteiger partial charge in [-0.15, -0.1) is 0 Å². The first-order chi connectivity index (χ1) is 8.61. The highest BCUT2D eigenvalue weighted by atomic mass is 15.1. The fourth-order valence-electron chi connectivity index (χ4n) is 2.56. The zero-order chi connectivity index (χ0) is 13.1. The van der Waals surface area contributed by atoms with Gasteiger partial charge >= 0.3 is 0 Å². The number of rotatable bonds is 3. The SMILES string of the molecule is CC(C)C(C#N)c1ncc(C2CCN(C)CC2)[nH]1. The Bertz CT molecular complexity index is 421. The van der Waals surface area contributed by atoms with Crippen molar-refractivity contribution in [3.05, 3.63) is 17.7 Å². The molecule has 2 rings (SSSR count). The second-order valence-electron chi connectivity index (χ2n) is 5.65. The molecule has 0 bridgehead atoms. The Morgan fingerprint density at radius 3 is 2.67 bits per heavy atom. The van der Waals surface area contributed by atoms with Crippen LogP contribution in [0.5, 0.6) is 0 Å². The van der Waals surface area contributed by atoms with Crippen LogP contribution in [0.15, 0.2) is 6.20 Å². The third-order valence-electron chi connectivity index (χ3n) is 3.87. The van der Waals surface area contributed by atoms with E-state index in [1.165, 1.54) is 18.5 Å². The summed E-state index contributed by atoms with van der Waals surface area (Å²) < 4.78 is 0. The lowest BCUT2D eigenvalue weighted by atomic mass is 9.94. The predicted octanol–water partition coefficient (Wildman–Crippen LogP) is 2.48. The first kappa shape index (κ1) is 13.1. The summed E-state index contributed by atoms with van der Waals surface area (Å²) in [6.45, 7) is 6.41. The predicted molar refractivity (Wildman–Crippen MR) is 71.3 cm³/mol. The van der Waals surface area contributed by atoms with Gasteiger partial charge < -0.3 is 9.88 Å². The highest BCUT2D eigenvalue weighted by Gasteiger charge is 2.23. The minimum atomic E-state index is -0.120. The largest absolute Gasteiger partial charge is 0.345 e. The van der Waals surface area contributed by atoms with Crippen molar-refractivity contribution in [2.75, 3.05) is 20.1 Å². The molecule has 98 valence electrons. The maximum absolute atomic E-state index is 9.19. The molecule has 1 aliphatic rings. The lowest BCUT2D eigenvalue weighted by molar-refractivity contribution is 0.253. The van der Waals surface area contributed by atoms with Crippen molar-refractivity contribution in [2.24, 2.45) is 5.92 Å². The summed E-state index contributed by atoms with van der Waals surface area (Å²) in [6, 6.07) is 2.34. The van der Waals surface area contributed by atoms with Gasteiger partial charge in [-0.3, -0.25) is 0 Å². The van der Waals surface area contributed by atoms with E-state index >= 15 is 0 Å². The summed E-state index contributed by atoms with van der Waals surface area (Å²) in [5.41, 5.74) is 1.21. The Hall–Kier alpha value is -1.34. The number of aromatic amines is 1. The average Bonchev–Trinajstić information content (AvgIpc) is 2.80. The van der Waals surface area contributed by atoms with Gasteiger partial charge in [-0.05, 0) is 38.9 Å². The van der Waals surface area contributed by atoms with Gasteiger partial charge in [-0.25, -0.2) is 4.98 Å². The van der Waals surface area contributed by atoms with Crippen molar-refractivity contribution in [1.82, 2.24) is 14.9 Å². The van der Waals surface area contributed by atoms with Crippen LogP contribution in [0, 0.1) is 17.2 Å². The lowest BCUT2D eigenvalue weighted by Crippen LogP contribution is -2.29. The van der Waals surface area contributed by atoms with Gasteiger partial charge in [-0.2, -0.15) is 5.26 Å². The Morgan fingerprint density at radius 1 is 1.44 bits per heavy atom. The average molecular weight is 246 g/mol. The Balaban J connectivity index is 2.08. The molecule has 0 saturated carbocycles. The molecule has 0 amide bonds. The van der Waals surface area contributed by atoms with Crippen LogP contribution in [0.3, 0.4) is 0 Å². The second-order valence-corrected chi connectivity index (χ2v) is 5.65. The van der Waals surface area contributed by atoms with Crippen molar-refractivity contribution >= 4 is 0 Å². The van der Waals surface area contributed by atoms with Crippen molar-refractivity contribution in [3.8, 4) is 6.07 Å².